The molecule has 0 radical (unpaired) electrons. The molecule has 11 heavy (non-hydrogen) atoms. The summed E-state index contributed by atoms with van der Waals surface area (Å²) in [6.45, 7) is 4.69. The molecule has 2 bridgehead atoms. The van der Waals surface area contributed by atoms with Gasteiger partial charge in [0.25, 0.3) is 0 Å². The summed E-state index contributed by atoms with van der Waals surface area (Å²) in [6, 6.07) is 0. The molecule has 0 amide bonds. The monoisotopic (exact) mass is 154 g/mol. The van der Waals surface area contributed by atoms with Crippen molar-refractivity contribution in [2.24, 2.45) is 17.3 Å². The van der Waals surface area contributed by atoms with E-state index in [0.717, 1.165) is 12.3 Å². The second kappa shape index (κ2) is 2.22. The van der Waals surface area contributed by atoms with Crippen molar-refractivity contribution in [3.63, 3.8) is 0 Å². The van der Waals surface area contributed by atoms with E-state index in [1.54, 1.807) is 0 Å². The Morgan fingerprint density at radius 3 is 2.55 bits per heavy atom. The van der Waals surface area contributed by atoms with Gasteiger partial charge in [-0.05, 0) is 42.9 Å². The van der Waals surface area contributed by atoms with Crippen LogP contribution in [-0.2, 0) is 0 Å². The first-order chi connectivity index (χ1) is 5.12. The normalized spacial score (nSPS) is 56.5. The van der Waals surface area contributed by atoms with Gasteiger partial charge in [0, 0.05) is 0 Å². The summed E-state index contributed by atoms with van der Waals surface area (Å²) in [5.74, 6) is 1.47. The molecule has 0 saturated heterocycles. The molecule has 0 aromatic rings. The van der Waals surface area contributed by atoms with Gasteiger partial charge in [0.15, 0.2) is 0 Å². The van der Waals surface area contributed by atoms with Crippen molar-refractivity contribution in [1.82, 2.24) is 0 Å². The Morgan fingerprint density at radius 2 is 2.18 bits per heavy atom. The molecule has 3 rings (SSSR count). The molecule has 64 valence electrons. The van der Waals surface area contributed by atoms with Crippen molar-refractivity contribution in [3.8, 4) is 0 Å². The van der Waals surface area contributed by atoms with Crippen LogP contribution in [0.15, 0.2) is 0 Å². The van der Waals surface area contributed by atoms with Gasteiger partial charge in [0.1, 0.15) is 0 Å². The van der Waals surface area contributed by atoms with E-state index in [9.17, 15) is 5.11 Å². The summed E-state index contributed by atoms with van der Waals surface area (Å²) in [7, 11) is 0. The zero-order chi connectivity index (χ0) is 8.06. The van der Waals surface area contributed by atoms with Gasteiger partial charge in [-0.2, -0.15) is 0 Å². The summed E-state index contributed by atoms with van der Waals surface area (Å²) >= 11 is 0. The van der Waals surface area contributed by atoms with Gasteiger partial charge in [-0.1, -0.05) is 13.8 Å². The highest BCUT2D eigenvalue weighted by Gasteiger charge is 2.46. The second-order valence-electron chi connectivity index (χ2n) is 4.86. The van der Waals surface area contributed by atoms with Crippen molar-refractivity contribution >= 4 is 0 Å². The molecule has 0 heterocycles. The van der Waals surface area contributed by atoms with Gasteiger partial charge in [-0.25, -0.2) is 0 Å². The average molecular weight is 154 g/mol. The van der Waals surface area contributed by atoms with E-state index in [1.807, 2.05) is 0 Å². The highest BCUT2D eigenvalue weighted by Crippen LogP contribution is 2.53. The van der Waals surface area contributed by atoms with Crippen LogP contribution in [0.2, 0.25) is 0 Å². The minimum absolute atomic E-state index is 0.0185. The summed E-state index contributed by atoms with van der Waals surface area (Å²) in [4.78, 5) is 0. The fourth-order valence-corrected chi connectivity index (χ4v) is 2.92. The quantitative estimate of drug-likeness (QED) is 0.567. The van der Waals surface area contributed by atoms with Gasteiger partial charge in [-0.3, -0.25) is 0 Å². The van der Waals surface area contributed by atoms with E-state index < -0.39 is 0 Å². The van der Waals surface area contributed by atoms with E-state index in [2.05, 4.69) is 13.8 Å². The number of aliphatic hydroxyl groups excluding tert-OH is 1. The molecule has 4 atom stereocenters. The lowest BCUT2D eigenvalue weighted by Gasteiger charge is -2.51. The smallest absolute Gasteiger partial charge is 0.0573 e. The standard InChI is InChI=1S/C10H18O/c1-7-5-8-3-4-10(7,2)6-9(8)11/h7-9,11H,3-6H2,1-2H3. The SMILES string of the molecule is CC1CC2CCC1(C)CC2O. The van der Waals surface area contributed by atoms with E-state index >= 15 is 0 Å². The zero-order valence-corrected chi connectivity index (χ0v) is 7.51. The third-order valence-electron chi connectivity index (χ3n) is 4.15. The van der Waals surface area contributed by atoms with Crippen molar-refractivity contribution in [3.05, 3.63) is 0 Å². The van der Waals surface area contributed by atoms with E-state index in [1.165, 1.54) is 19.3 Å². The van der Waals surface area contributed by atoms with E-state index in [0.29, 0.717) is 11.3 Å². The molecule has 1 heteroatoms. The maximum absolute atomic E-state index is 9.68. The Kier molecular flexibility index (Phi) is 1.54. The number of hydrogen-bond acceptors (Lipinski definition) is 1. The topological polar surface area (TPSA) is 20.2 Å². The molecule has 3 aliphatic rings. The van der Waals surface area contributed by atoms with Gasteiger partial charge >= 0.3 is 0 Å². The van der Waals surface area contributed by atoms with Gasteiger partial charge < -0.3 is 5.11 Å². The minimum atomic E-state index is 0.0185. The lowest BCUT2D eigenvalue weighted by atomic mass is 9.55. The van der Waals surface area contributed by atoms with Crippen LogP contribution < -0.4 is 0 Å². The van der Waals surface area contributed by atoms with Crippen LogP contribution in [0, 0.1) is 17.3 Å². The number of aliphatic hydroxyl groups is 1. The lowest BCUT2D eigenvalue weighted by molar-refractivity contribution is -0.0765. The Morgan fingerprint density at radius 1 is 1.45 bits per heavy atom. The van der Waals surface area contributed by atoms with Crippen molar-refractivity contribution in [1.29, 1.82) is 0 Å². The molecule has 3 aliphatic carbocycles. The van der Waals surface area contributed by atoms with Crippen LogP contribution in [0.5, 0.6) is 0 Å². The molecule has 1 nitrogen and oxygen atoms in total. The fourth-order valence-electron chi connectivity index (χ4n) is 2.92. The lowest BCUT2D eigenvalue weighted by Crippen LogP contribution is -2.46. The maximum atomic E-state index is 9.68. The Balaban J connectivity index is 2.19. The van der Waals surface area contributed by atoms with Gasteiger partial charge in [0.2, 0.25) is 0 Å². The van der Waals surface area contributed by atoms with E-state index in [-0.39, 0.29) is 6.10 Å². The largest absolute Gasteiger partial charge is 0.393 e. The van der Waals surface area contributed by atoms with Crippen LogP contribution in [0.25, 0.3) is 0 Å². The first-order valence-corrected chi connectivity index (χ1v) is 4.80. The molecule has 0 aromatic heterocycles. The predicted molar refractivity (Wildman–Crippen MR) is 45.2 cm³/mol. The fraction of sp³-hybridized carbons (Fsp3) is 1.00. The average Bonchev–Trinajstić information content (AvgIpc) is 1.92. The first-order valence-electron chi connectivity index (χ1n) is 4.80. The molecule has 3 fully saturated rings. The van der Waals surface area contributed by atoms with Gasteiger partial charge in [-0.15, -0.1) is 0 Å². The molecule has 0 aliphatic heterocycles. The first kappa shape index (κ1) is 7.60. The molecule has 3 saturated carbocycles. The Hall–Kier alpha value is -0.0400. The zero-order valence-electron chi connectivity index (χ0n) is 7.51. The predicted octanol–water partition coefficient (Wildman–Crippen LogP) is 2.19. The van der Waals surface area contributed by atoms with Crippen LogP contribution in [0.4, 0.5) is 0 Å². The molecule has 1 N–H and O–H groups in total. The molecule has 4 unspecified atom stereocenters. The molecular formula is C10H18O. The molecule has 0 spiro atoms. The highest BCUT2D eigenvalue weighted by molar-refractivity contribution is 4.97. The summed E-state index contributed by atoms with van der Waals surface area (Å²) in [5, 5.41) is 9.68. The number of hydrogen-bond donors (Lipinski definition) is 1. The van der Waals surface area contributed by atoms with Crippen molar-refractivity contribution < 1.29 is 5.11 Å². The maximum Gasteiger partial charge on any atom is 0.0573 e. The summed E-state index contributed by atoms with van der Waals surface area (Å²) in [6.07, 6.45) is 4.94. The number of rotatable bonds is 0. The van der Waals surface area contributed by atoms with Crippen LogP contribution in [0.3, 0.4) is 0 Å². The highest BCUT2D eigenvalue weighted by atomic mass is 16.3. The summed E-state index contributed by atoms with van der Waals surface area (Å²) < 4.78 is 0. The van der Waals surface area contributed by atoms with Crippen LogP contribution in [-0.4, -0.2) is 11.2 Å². The third kappa shape index (κ3) is 1.01. The Bertz CT molecular complexity index is 166. The number of fused-ring (bicyclic) bond motifs is 3. The molecule has 0 aromatic carbocycles. The molecular weight excluding hydrogens is 136 g/mol. The van der Waals surface area contributed by atoms with Crippen molar-refractivity contribution in [2.45, 2.75) is 45.6 Å². The Labute approximate surface area is 68.8 Å². The summed E-state index contributed by atoms with van der Waals surface area (Å²) in [5.41, 5.74) is 0.466. The van der Waals surface area contributed by atoms with Crippen molar-refractivity contribution in [2.75, 3.05) is 0 Å². The third-order valence-corrected chi connectivity index (χ3v) is 4.15. The van der Waals surface area contributed by atoms with Gasteiger partial charge in [0.05, 0.1) is 6.10 Å². The minimum Gasteiger partial charge on any atom is -0.393 e. The van der Waals surface area contributed by atoms with Crippen LogP contribution >= 0.6 is 0 Å². The van der Waals surface area contributed by atoms with E-state index in [4.69, 9.17) is 0 Å². The van der Waals surface area contributed by atoms with Crippen LogP contribution in [0.1, 0.15) is 39.5 Å². The second-order valence-corrected chi connectivity index (χ2v) is 4.86.